The van der Waals surface area contributed by atoms with E-state index in [1.54, 1.807) is 23.5 Å². The normalized spacial score (nSPS) is 11.4. The molecule has 0 aliphatic rings. The SMILES string of the molecule is CC(=NNC(=O)c1ccccc1)c1cc(C)sc1C. The minimum Gasteiger partial charge on any atom is -0.267 e. The molecule has 1 aromatic carbocycles. The fourth-order valence-corrected chi connectivity index (χ4v) is 2.82. The van der Waals surface area contributed by atoms with Crippen LogP contribution in [0.2, 0.25) is 0 Å². The number of carbonyl (C=O) groups is 1. The van der Waals surface area contributed by atoms with E-state index in [2.05, 4.69) is 30.4 Å². The van der Waals surface area contributed by atoms with Crippen LogP contribution >= 0.6 is 11.3 Å². The summed E-state index contributed by atoms with van der Waals surface area (Å²) in [6.45, 7) is 6.03. The van der Waals surface area contributed by atoms with Gasteiger partial charge in [0.2, 0.25) is 0 Å². The number of hydrogen-bond acceptors (Lipinski definition) is 3. The van der Waals surface area contributed by atoms with Gasteiger partial charge >= 0.3 is 0 Å². The molecule has 0 unspecified atom stereocenters. The van der Waals surface area contributed by atoms with Crippen molar-refractivity contribution in [3.05, 3.63) is 57.3 Å². The Kier molecular flexibility index (Phi) is 4.12. The number of rotatable bonds is 3. The lowest BCUT2D eigenvalue weighted by molar-refractivity contribution is 0.0955. The highest BCUT2D eigenvalue weighted by atomic mass is 32.1. The summed E-state index contributed by atoms with van der Waals surface area (Å²) >= 11 is 1.73. The van der Waals surface area contributed by atoms with E-state index in [9.17, 15) is 4.79 Å². The maximum Gasteiger partial charge on any atom is 0.271 e. The second kappa shape index (κ2) is 5.80. The zero-order chi connectivity index (χ0) is 13.8. The van der Waals surface area contributed by atoms with Crippen LogP contribution in [0.25, 0.3) is 0 Å². The van der Waals surface area contributed by atoms with E-state index in [0.717, 1.165) is 11.3 Å². The second-order valence-corrected chi connectivity index (χ2v) is 5.79. The van der Waals surface area contributed by atoms with Gasteiger partial charge in [0.25, 0.3) is 5.91 Å². The van der Waals surface area contributed by atoms with Crippen molar-refractivity contribution < 1.29 is 4.79 Å². The van der Waals surface area contributed by atoms with E-state index in [-0.39, 0.29) is 5.91 Å². The van der Waals surface area contributed by atoms with E-state index < -0.39 is 0 Å². The lowest BCUT2D eigenvalue weighted by Gasteiger charge is -2.02. The van der Waals surface area contributed by atoms with Crippen LogP contribution in [-0.4, -0.2) is 11.6 Å². The minimum absolute atomic E-state index is 0.190. The zero-order valence-corrected chi connectivity index (χ0v) is 12.0. The third kappa shape index (κ3) is 3.29. The Bertz CT molecular complexity index is 614. The second-order valence-electron chi connectivity index (χ2n) is 4.33. The van der Waals surface area contributed by atoms with Crippen LogP contribution in [0.3, 0.4) is 0 Å². The van der Waals surface area contributed by atoms with Crippen molar-refractivity contribution in [1.29, 1.82) is 0 Å². The van der Waals surface area contributed by atoms with Gasteiger partial charge in [0.15, 0.2) is 0 Å². The fourth-order valence-electron chi connectivity index (χ4n) is 1.84. The molecule has 1 heterocycles. The third-order valence-electron chi connectivity index (χ3n) is 2.79. The third-order valence-corrected chi connectivity index (χ3v) is 3.76. The highest BCUT2D eigenvalue weighted by Crippen LogP contribution is 2.21. The molecule has 2 aromatic rings. The van der Waals surface area contributed by atoms with Gasteiger partial charge in [-0.1, -0.05) is 18.2 Å². The van der Waals surface area contributed by atoms with Gasteiger partial charge in [-0.05, 0) is 39.0 Å². The summed E-state index contributed by atoms with van der Waals surface area (Å²) in [5, 5.41) is 4.17. The predicted molar refractivity (Wildman–Crippen MR) is 79.9 cm³/mol. The first-order valence-corrected chi connectivity index (χ1v) is 6.86. The molecule has 2 rings (SSSR count). The summed E-state index contributed by atoms with van der Waals surface area (Å²) in [4.78, 5) is 14.3. The number of nitrogens with one attached hydrogen (secondary N) is 1. The van der Waals surface area contributed by atoms with Crippen molar-refractivity contribution in [1.82, 2.24) is 5.43 Å². The van der Waals surface area contributed by atoms with Crippen LogP contribution in [0, 0.1) is 13.8 Å². The van der Waals surface area contributed by atoms with Crippen LogP contribution in [0.4, 0.5) is 0 Å². The first-order valence-electron chi connectivity index (χ1n) is 6.05. The summed E-state index contributed by atoms with van der Waals surface area (Å²) in [5.41, 5.74) is 5.11. The molecule has 0 atom stereocenters. The molecule has 1 amide bonds. The summed E-state index contributed by atoms with van der Waals surface area (Å²) in [7, 11) is 0. The highest BCUT2D eigenvalue weighted by molar-refractivity contribution is 7.12. The molecular formula is C15H16N2OS. The lowest BCUT2D eigenvalue weighted by atomic mass is 10.2. The van der Waals surface area contributed by atoms with Crippen molar-refractivity contribution >= 4 is 23.0 Å². The zero-order valence-electron chi connectivity index (χ0n) is 11.2. The van der Waals surface area contributed by atoms with E-state index in [0.29, 0.717) is 5.56 Å². The smallest absolute Gasteiger partial charge is 0.267 e. The first kappa shape index (κ1) is 13.5. The molecule has 4 heteroatoms. The Morgan fingerprint density at radius 2 is 1.89 bits per heavy atom. The molecule has 0 saturated heterocycles. The Balaban J connectivity index is 2.11. The Hall–Kier alpha value is -1.94. The first-order chi connectivity index (χ1) is 9.08. The van der Waals surface area contributed by atoms with Crippen LogP contribution in [0.5, 0.6) is 0 Å². The largest absolute Gasteiger partial charge is 0.271 e. The van der Waals surface area contributed by atoms with Crippen molar-refractivity contribution in [2.45, 2.75) is 20.8 Å². The molecule has 3 nitrogen and oxygen atoms in total. The molecule has 98 valence electrons. The number of thiophene rings is 1. The van der Waals surface area contributed by atoms with Gasteiger partial charge in [-0.3, -0.25) is 4.79 Å². The summed E-state index contributed by atoms with van der Waals surface area (Å²) < 4.78 is 0. The van der Waals surface area contributed by atoms with Crippen molar-refractivity contribution in [2.75, 3.05) is 0 Å². The number of benzene rings is 1. The summed E-state index contributed by atoms with van der Waals surface area (Å²) in [6.07, 6.45) is 0. The fraction of sp³-hybridized carbons (Fsp3) is 0.200. The number of amides is 1. The van der Waals surface area contributed by atoms with Gasteiger partial charge in [0.1, 0.15) is 0 Å². The number of hydrogen-bond donors (Lipinski definition) is 1. The molecule has 0 spiro atoms. The summed E-state index contributed by atoms with van der Waals surface area (Å²) in [5.74, 6) is -0.190. The number of nitrogens with zero attached hydrogens (tertiary/aromatic N) is 1. The van der Waals surface area contributed by atoms with Crippen molar-refractivity contribution in [3.8, 4) is 0 Å². The van der Waals surface area contributed by atoms with Gasteiger partial charge in [0.05, 0.1) is 5.71 Å². The molecule has 0 bridgehead atoms. The van der Waals surface area contributed by atoms with Gasteiger partial charge in [0, 0.05) is 20.9 Å². The molecule has 0 aliphatic heterocycles. The quantitative estimate of drug-likeness (QED) is 0.674. The molecule has 0 aliphatic carbocycles. The topological polar surface area (TPSA) is 41.5 Å². The Morgan fingerprint density at radius 3 is 2.47 bits per heavy atom. The van der Waals surface area contributed by atoms with E-state index in [1.165, 1.54) is 9.75 Å². The lowest BCUT2D eigenvalue weighted by Crippen LogP contribution is -2.19. The monoisotopic (exact) mass is 272 g/mol. The highest BCUT2D eigenvalue weighted by Gasteiger charge is 2.07. The number of hydrazone groups is 1. The minimum atomic E-state index is -0.190. The summed E-state index contributed by atoms with van der Waals surface area (Å²) in [6, 6.07) is 11.2. The average molecular weight is 272 g/mol. The van der Waals surface area contributed by atoms with Gasteiger partial charge in [-0.25, -0.2) is 5.43 Å². The molecule has 0 saturated carbocycles. The van der Waals surface area contributed by atoms with E-state index >= 15 is 0 Å². The van der Waals surface area contributed by atoms with Crippen LogP contribution < -0.4 is 5.43 Å². The molecule has 1 N–H and O–H groups in total. The van der Waals surface area contributed by atoms with Gasteiger partial charge < -0.3 is 0 Å². The van der Waals surface area contributed by atoms with Crippen LogP contribution in [0.15, 0.2) is 41.5 Å². The van der Waals surface area contributed by atoms with Crippen LogP contribution in [-0.2, 0) is 0 Å². The average Bonchev–Trinajstić information content (AvgIpc) is 2.75. The molecule has 0 radical (unpaired) electrons. The maximum atomic E-state index is 11.9. The number of aryl methyl sites for hydroxylation is 2. The van der Waals surface area contributed by atoms with Gasteiger partial charge in [-0.15, -0.1) is 11.3 Å². The molecule has 0 fully saturated rings. The van der Waals surface area contributed by atoms with Crippen molar-refractivity contribution in [2.24, 2.45) is 5.10 Å². The Labute approximate surface area is 117 Å². The van der Waals surface area contributed by atoms with Crippen molar-refractivity contribution in [3.63, 3.8) is 0 Å². The van der Waals surface area contributed by atoms with E-state index in [1.807, 2.05) is 25.1 Å². The standard InChI is InChI=1S/C15H16N2OS/c1-10-9-14(12(3)19-10)11(2)16-17-15(18)13-7-5-4-6-8-13/h4-9H,1-3H3,(H,17,18). The maximum absolute atomic E-state index is 11.9. The molecule has 19 heavy (non-hydrogen) atoms. The number of carbonyl (C=O) groups excluding carboxylic acids is 1. The molecule has 1 aromatic heterocycles. The Morgan fingerprint density at radius 1 is 1.21 bits per heavy atom. The van der Waals surface area contributed by atoms with Gasteiger partial charge in [-0.2, -0.15) is 5.10 Å². The van der Waals surface area contributed by atoms with E-state index in [4.69, 9.17) is 0 Å². The van der Waals surface area contributed by atoms with Crippen LogP contribution in [0.1, 0.15) is 32.6 Å². The molecular weight excluding hydrogens is 256 g/mol. The predicted octanol–water partition coefficient (Wildman–Crippen LogP) is 3.52.